The summed E-state index contributed by atoms with van der Waals surface area (Å²) in [6.45, 7) is 9.18. The average molecular weight is 217 g/mol. The lowest BCUT2D eigenvalue weighted by Gasteiger charge is -2.21. The Balaban J connectivity index is 2.43. The van der Waals surface area contributed by atoms with Crippen molar-refractivity contribution < 1.29 is 4.79 Å². The first-order valence-corrected chi connectivity index (χ1v) is 5.90. The molecule has 2 rings (SSSR count). The van der Waals surface area contributed by atoms with Crippen molar-refractivity contribution in [2.45, 2.75) is 27.7 Å². The van der Waals surface area contributed by atoms with Crippen LogP contribution in [0.2, 0.25) is 0 Å². The van der Waals surface area contributed by atoms with E-state index in [0.717, 1.165) is 12.2 Å². The Labute approximate surface area is 97.3 Å². The van der Waals surface area contributed by atoms with Crippen LogP contribution >= 0.6 is 0 Å². The van der Waals surface area contributed by atoms with Crippen LogP contribution in [0.3, 0.4) is 0 Å². The molecule has 0 bridgehead atoms. The molecular weight excluding hydrogens is 198 g/mol. The van der Waals surface area contributed by atoms with Crippen molar-refractivity contribution in [3.05, 3.63) is 29.3 Å². The van der Waals surface area contributed by atoms with E-state index in [1.807, 2.05) is 17.9 Å². The molecule has 0 radical (unpaired) electrons. The minimum Gasteiger partial charge on any atom is -0.311 e. The summed E-state index contributed by atoms with van der Waals surface area (Å²) in [5, 5.41) is 0. The molecule has 86 valence electrons. The zero-order valence-corrected chi connectivity index (χ0v) is 10.4. The highest BCUT2D eigenvalue weighted by atomic mass is 16.2. The predicted octanol–water partition coefficient (Wildman–Crippen LogP) is 2.92. The molecule has 0 aliphatic carbocycles. The number of aryl methyl sites for hydroxylation is 2. The third kappa shape index (κ3) is 1.62. The van der Waals surface area contributed by atoms with Crippen molar-refractivity contribution in [1.29, 1.82) is 0 Å². The smallest absolute Gasteiger partial charge is 0.230 e. The number of carbonyl (C=O) groups excluding carboxylic acids is 1. The van der Waals surface area contributed by atoms with Gasteiger partial charge in [0, 0.05) is 18.2 Å². The van der Waals surface area contributed by atoms with Crippen LogP contribution in [0, 0.1) is 25.7 Å². The molecule has 1 aliphatic rings. The van der Waals surface area contributed by atoms with Gasteiger partial charge in [-0.3, -0.25) is 4.79 Å². The van der Waals surface area contributed by atoms with E-state index in [-0.39, 0.29) is 11.8 Å². The van der Waals surface area contributed by atoms with Crippen molar-refractivity contribution in [2.24, 2.45) is 11.8 Å². The van der Waals surface area contributed by atoms with Crippen LogP contribution < -0.4 is 4.90 Å². The Kier molecular flexibility index (Phi) is 2.75. The number of benzene rings is 1. The van der Waals surface area contributed by atoms with Gasteiger partial charge in [-0.2, -0.15) is 0 Å². The van der Waals surface area contributed by atoms with Crippen LogP contribution in [0.5, 0.6) is 0 Å². The maximum atomic E-state index is 12.1. The van der Waals surface area contributed by atoms with Gasteiger partial charge in [0.05, 0.1) is 0 Å². The third-order valence-corrected chi connectivity index (χ3v) is 3.69. The van der Waals surface area contributed by atoms with Crippen molar-refractivity contribution in [3.8, 4) is 0 Å². The normalized spacial score (nSPS) is 25.2. The standard InChI is InChI=1S/C14H19NO/c1-9-6-5-7-10(2)13(9)15-8-11(3)12(4)14(15)16/h5-7,11-12H,8H2,1-4H3. The Morgan fingerprint density at radius 3 is 2.19 bits per heavy atom. The van der Waals surface area contributed by atoms with Crippen LogP contribution in [0.1, 0.15) is 25.0 Å². The van der Waals surface area contributed by atoms with Gasteiger partial charge >= 0.3 is 0 Å². The number of para-hydroxylation sites is 1. The number of anilines is 1. The van der Waals surface area contributed by atoms with E-state index in [1.165, 1.54) is 11.1 Å². The van der Waals surface area contributed by atoms with Crippen LogP contribution in [0.4, 0.5) is 5.69 Å². The van der Waals surface area contributed by atoms with Crippen LogP contribution in [-0.4, -0.2) is 12.5 Å². The van der Waals surface area contributed by atoms with Gasteiger partial charge in [0.15, 0.2) is 0 Å². The van der Waals surface area contributed by atoms with Crippen LogP contribution in [-0.2, 0) is 4.79 Å². The van der Waals surface area contributed by atoms with Crippen molar-refractivity contribution in [1.82, 2.24) is 0 Å². The fourth-order valence-corrected chi connectivity index (χ4v) is 2.46. The van der Waals surface area contributed by atoms with Gasteiger partial charge in [0.2, 0.25) is 5.91 Å². The second kappa shape index (κ2) is 3.93. The van der Waals surface area contributed by atoms with Gasteiger partial charge in [-0.05, 0) is 30.9 Å². The molecule has 2 nitrogen and oxygen atoms in total. The Hall–Kier alpha value is -1.31. The number of amides is 1. The third-order valence-electron chi connectivity index (χ3n) is 3.69. The summed E-state index contributed by atoms with van der Waals surface area (Å²) in [5.41, 5.74) is 3.49. The van der Waals surface area contributed by atoms with Crippen molar-refractivity contribution in [2.75, 3.05) is 11.4 Å². The number of rotatable bonds is 1. The molecule has 1 aliphatic heterocycles. The first kappa shape index (κ1) is 11.2. The minimum absolute atomic E-state index is 0.152. The molecule has 0 spiro atoms. The maximum absolute atomic E-state index is 12.1. The largest absolute Gasteiger partial charge is 0.311 e. The number of nitrogens with zero attached hydrogens (tertiary/aromatic N) is 1. The Morgan fingerprint density at radius 1 is 1.19 bits per heavy atom. The summed E-state index contributed by atoms with van der Waals surface area (Å²) >= 11 is 0. The molecule has 1 amide bonds. The molecule has 1 heterocycles. The van der Waals surface area contributed by atoms with E-state index in [2.05, 4.69) is 32.9 Å². The first-order valence-electron chi connectivity index (χ1n) is 5.90. The SMILES string of the molecule is Cc1cccc(C)c1N1CC(C)C(C)C1=O. The average Bonchev–Trinajstić information content (AvgIpc) is 2.47. The van der Waals surface area contributed by atoms with Gasteiger partial charge < -0.3 is 4.90 Å². The molecule has 1 aromatic rings. The van der Waals surface area contributed by atoms with E-state index in [4.69, 9.17) is 0 Å². The quantitative estimate of drug-likeness (QED) is 0.708. The second-order valence-corrected chi connectivity index (χ2v) is 4.96. The maximum Gasteiger partial charge on any atom is 0.230 e. The van der Waals surface area contributed by atoms with E-state index in [9.17, 15) is 4.79 Å². The summed E-state index contributed by atoms with van der Waals surface area (Å²) in [6, 6.07) is 6.19. The number of hydrogen-bond acceptors (Lipinski definition) is 1. The highest BCUT2D eigenvalue weighted by molar-refractivity contribution is 5.98. The number of hydrogen-bond donors (Lipinski definition) is 0. The molecular formula is C14H19NO. The van der Waals surface area contributed by atoms with E-state index in [1.54, 1.807) is 0 Å². The lowest BCUT2D eigenvalue weighted by atomic mass is 10.0. The lowest BCUT2D eigenvalue weighted by Crippen LogP contribution is -2.27. The fourth-order valence-electron chi connectivity index (χ4n) is 2.46. The molecule has 0 N–H and O–H groups in total. The first-order chi connectivity index (χ1) is 7.52. The Bertz CT molecular complexity index is 404. The van der Waals surface area contributed by atoms with Crippen molar-refractivity contribution >= 4 is 11.6 Å². The lowest BCUT2D eigenvalue weighted by molar-refractivity contribution is -0.120. The predicted molar refractivity (Wildman–Crippen MR) is 66.6 cm³/mol. The van der Waals surface area contributed by atoms with Gasteiger partial charge in [-0.25, -0.2) is 0 Å². The van der Waals surface area contributed by atoms with Gasteiger partial charge in [-0.15, -0.1) is 0 Å². The molecule has 0 saturated carbocycles. The summed E-state index contributed by atoms with van der Waals surface area (Å²) in [5.74, 6) is 0.871. The minimum atomic E-state index is 0.152. The molecule has 2 unspecified atom stereocenters. The van der Waals surface area contributed by atoms with Crippen LogP contribution in [0.15, 0.2) is 18.2 Å². The zero-order chi connectivity index (χ0) is 11.9. The molecule has 1 saturated heterocycles. The van der Waals surface area contributed by atoms with E-state index in [0.29, 0.717) is 5.92 Å². The molecule has 1 aromatic carbocycles. The molecule has 0 aromatic heterocycles. The zero-order valence-electron chi connectivity index (χ0n) is 10.4. The summed E-state index contributed by atoms with van der Waals surface area (Å²) < 4.78 is 0. The van der Waals surface area contributed by atoms with Crippen molar-refractivity contribution in [3.63, 3.8) is 0 Å². The fraction of sp³-hybridized carbons (Fsp3) is 0.500. The number of carbonyl (C=O) groups is 1. The highest BCUT2D eigenvalue weighted by Crippen LogP contribution is 2.33. The molecule has 2 atom stereocenters. The van der Waals surface area contributed by atoms with Gasteiger partial charge in [0.1, 0.15) is 0 Å². The molecule has 16 heavy (non-hydrogen) atoms. The monoisotopic (exact) mass is 217 g/mol. The molecule has 2 heteroatoms. The van der Waals surface area contributed by atoms with Crippen LogP contribution in [0.25, 0.3) is 0 Å². The summed E-state index contributed by atoms with van der Waals surface area (Å²) in [6.07, 6.45) is 0. The highest BCUT2D eigenvalue weighted by Gasteiger charge is 2.36. The summed E-state index contributed by atoms with van der Waals surface area (Å²) in [7, 11) is 0. The molecule has 1 fully saturated rings. The van der Waals surface area contributed by atoms with E-state index < -0.39 is 0 Å². The van der Waals surface area contributed by atoms with Gasteiger partial charge in [-0.1, -0.05) is 32.0 Å². The summed E-state index contributed by atoms with van der Waals surface area (Å²) in [4.78, 5) is 14.1. The van der Waals surface area contributed by atoms with E-state index >= 15 is 0 Å². The second-order valence-electron chi connectivity index (χ2n) is 4.96. The topological polar surface area (TPSA) is 20.3 Å². The van der Waals surface area contributed by atoms with Gasteiger partial charge in [0.25, 0.3) is 0 Å². The Morgan fingerprint density at radius 2 is 1.75 bits per heavy atom.